The highest BCUT2D eigenvalue weighted by atomic mass is 35.5. The van der Waals surface area contributed by atoms with Gasteiger partial charge in [-0.2, -0.15) is 0 Å². The van der Waals surface area contributed by atoms with E-state index >= 15 is 0 Å². The van der Waals surface area contributed by atoms with Gasteiger partial charge in [0, 0.05) is 19.6 Å². The first kappa shape index (κ1) is 20.0. The molecule has 0 unspecified atom stereocenters. The Labute approximate surface area is 160 Å². The van der Waals surface area contributed by atoms with Crippen LogP contribution >= 0.6 is 24.8 Å². The molecule has 2 aromatic rings. The number of aromatic nitrogens is 2. The molecule has 2 heterocycles. The number of halogens is 2. The minimum absolute atomic E-state index is 0. The van der Waals surface area contributed by atoms with Gasteiger partial charge in [0.2, 0.25) is 5.91 Å². The molecule has 0 bridgehead atoms. The van der Waals surface area contributed by atoms with Crippen LogP contribution in [0.2, 0.25) is 0 Å². The van der Waals surface area contributed by atoms with E-state index in [0.717, 1.165) is 37.1 Å². The summed E-state index contributed by atoms with van der Waals surface area (Å²) in [5, 5.41) is 6.63. The van der Waals surface area contributed by atoms with Gasteiger partial charge < -0.3 is 15.2 Å². The maximum atomic E-state index is 12.8. The van der Waals surface area contributed by atoms with Crippen LogP contribution in [0.3, 0.4) is 0 Å². The van der Waals surface area contributed by atoms with Crippen molar-refractivity contribution in [3.05, 3.63) is 30.6 Å². The Morgan fingerprint density at radius 1 is 1.32 bits per heavy atom. The summed E-state index contributed by atoms with van der Waals surface area (Å²) in [6.07, 6.45) is 6.52. The van der Waals surface area contributed by atoms with Crippen molar-refractivity contribution in [1.29, 1.82) is 0 Å². The number of fused-ring (bicyclic) bond motifs is 2. The summed E-state index contributed by atoms with van der Waals surface area (Å²) in [4.78, 5) is 17.2. The quantitative estimate of drug-likeness (QED) is 0.851. The molecule has 1 aliphatic carbocycles. The van der Waals surface area contributed by atoms with E-state index in [4.69, 9.17) is 0 Å². The third-order valence-electron chi connectivity index (χ3n) is 5.66. The van der Waals surface area contributed by atoms with E-state index in [9.17, 15) is 4.79 Å². The van der Waals surface area contributed by atoms with Gasteiger partial charge >= 0.3 is 0 Å². The molecule has 1 amide bonds. The first-order valence-electron chi connectivity index (χ1n) is 8.68. The Morgan fingerprint density at radius 2 is 2.16 bits per heavy atom. The van der Waals surface area contributed by atoms with Gasteiger partial charge in [0.1, 0.15) is 0 Å². The molecule has 0 radical (unpaired) electrons. The van der Waals surface area contributed by atoms with Crippen molar-refractivity contribution >= 4 is 41.8 Å². The van der Waals surface area contributed by atoms with Crippen LogP contribution in [0.25, 0.3) is 11.0 Å². The van der Waals surface area contributed by atoms with Gasteiger partial charge in [0.25, 0.3) is 0 Å². The molecule has 1 saturated carbocycles. The number of carbonyl (C=O) groups is 1. The second-order valence-electron chi connectivity index (χ2n) is 6.91. The first-order chi connectivity index (χ1) is 11.3. The summed E-state index contributed by atoms with van der Waals surface area (Å²) in [5.41, 5.74) is 1.97. The monoisotopic (exact) mass is 384 g/mol. The first-order valence-corrected chi connectivity index (χ1v) is 8.68. The Bertz CT molecular complexity index is 720. The molecule has 1 aromatic heterocycles. The van der Waals surface area contributed by atoms with Gasteiger partial charge in [-0.15, -0.1) is 24.8 Å². The van der Waals surface area contributed by atoms with Gasteiger partial charge in [-0.25, -0.2) is 4.98 Å². The topological polar surface area (TPSA) is 59.0 Å². The lowest BCUT2D eigenvalue weighted by Crippen LogP contribution is -2.48. The normalized spacial score (nSPS) is 24.9. The van der Waals surface area contributed by atoms with E-state index in [1.165, 1.54) is 19.3 Å². The van der Waals surface area contributed by atoms with E-state index < -0.39 is 0 Å². The van der Waals surface area contributed by atoms with Crippen molar-refractivity contribution in [3.8, 4) is 0 Å². The molecular weight excluding hydrogens is 359 g/mol. The average Bonchev–Trinajstić information content (AvgIpc) is 3.20. The molecule has 2 atom stereocenters. The van der Waals surface area contributed by atoms with E-state index in [0.29, 0.717) is 12.5 Å². The van der Waals surface area contributed by atoms with Crippen molar-refractivity contribution in [2.45, 2.75) is 32.2 Å². The van der Waals surface area contributed by atoms with Crippen molar-refractivity contribution in [1.82, 2.24) is 20.2 Å². The van der Waals surface area contributed by atoms with E-state index in [1.54, 1.807) is 0 Å². The standard InChI is InChI=1S/C18H24N4O.2ClH/c23-17(18-8-4-3-5-14(18)11-19-12-18)20-9-10-22-13-21-15-6-1-2-7-16(15)22;;/h1-2,6-7,13-14,19H,3-5,8-12H2,(H,20,23);2*1H/t14-,18+;;/m0../s1. The van der Waals surface area contributed by atoms with Crippen LogP contribution in [0, 0.1) is 11.3 Å². The second kappa shape index (κ2) is 8.39. The molecule has 1 saturated heterocycles. The predicted molar refractivity (Wildman–Crippen MR) is 104 cm³/mol. The fourth-order valence-corrected chi connectivity index (χ4v) is 4.34. The number of nitrogens with zero attached hydrogens (tertiary/aromatic N) is 2. The van der Waals surface area contributed by atoms with Crippen molar-refractivity contribution in [2.75, 3.05) is 19.6 Å². The maximum Gasteiger partial charge on any atom is 0.227 e. The lowest BCUT2D eigenvalue weighted by atomic mass is 9.67. The number of carbonyl (C=O) groups excluding carboxylic acids is 1. The number of imidazole rings is 1. The number of para-hydroxylation sites is 2. The van der Waals surface area contributed by atoms with E-state index in [-0.39, 0.29) is 36.1 Å². The van der Waals surface area contributed by atoms with Crippen molar-refractivity contribution < 1.29 is 4.79 Å². The second-order valence-corrected chi connectivity index (χ2v) is 6.91. The van der Waals surface area contributed by atoms with E-state index in [2.05, 4.69) is 26.3 Å². The zero-order valence-corrected chi connectivity index (χ0v) is 15.9. The maximum absolute atomic E-state index is 12.8. The predicted octanol–water partition coefficient (Wildman–Crippen LogP) is 2.78. The molecule has 4 rings (SSSR count). The minimum Gasteiger partial charge on any atom is -0.354 e. The summed E-state index contributed by atoms with van der Waals surface area (Å²) >= 11 is 0. The zero-order chi connectivity index (χ0) is 15.7. The largest absolute Gasteiger partial charge is 0.354 e. The van der Waals surface area contributed by atoms with Crippen molar-refractivity contribution in [3.63, 3.8) is 0 Å². The highest BCUT2D eigenvalue weighted by Gasteiger charge is 2.49. The van der Waals surface area contributed by atoms with Gasteiger partial charge in [0.15, 0.2) is 0 Å². The van der Waals surface area contributed by atoms with Crippen molar-refractivity contribution in [2.24, 2.45) is 11.3 Å². The number of rotatable bonds is 4. The summed E-state index contributed by atoms with van der Waals surface area (Å²) in [5.74, 6) is 0.766. The number of hydrogen-bond acceptors (Lipinski definition) is 3. The minimum atomic E-state index is -0.157. The van der Waals surface area contributed by atoms with E-state index in [1.807, 2.05) is 24.5 Å². The number of nitrogens with one attached hydrogen (secondary N) is 2. The fourth-order valence-electron chi connectivity index (χ4n) is 4.34. The fraction of sp³-hybridized carbons (Fsp3) is 0.556. The molecule has 2 N–H and O–H groups in total. The lowest BCUT2D eigenvalue weighted by Gasteiger charge is -2.37. The number of benzene rings is 1. The Kier molecular flexibility index (Phi) is 6.72. The molecule has 2 aliphatic rings. The molecule has 2 fully saturated rings. The molecule has 5 nitrogen and oxygen atoms in total. The average molecular weight is 385 g/mol. The zero-order valence-electron chi connectivity index (χ0n) is 14.2. The van der Waals surface area contributed by atoms with Gasteiger partial charge in [0.05, 0.1) is 22.8 Å². The summed E-state index contributed by atoms with van der Waals surface area (Å²) < 4.78 is 2.11. The number of amides is 1. The van der Waals surface area contributed by atoms with Crippen LogP contribution in [0.4, 0.5) is 0 Å². The molecule has 25 heavy (non-hydrogen) atoms. The van der Waals surface area contributed by atoms with Crippen LogP contribution < -0.4 is 10.6 Å². The smallest absolute Gasteiger partial charge is 0.227 e. The highest BCUT2D eigenvalue weighted by Crippen LogP contribution is 2.43. The van der Waals surface area contributed by atoms with Crippen LogP contribution in [-0.4, -0.2) is 35.1 Å². The van der Waals surface area contributed by atoms with Gasteiger partial charge in [-0.05, 0) is 37.4 Å². The lowest BCUT2D eigenvalue weighted by molar-refractivity contribution is -0.134. The molecule has 138 valence electrons. The highest BCUT2D eigenvalue weighted by molar-refractivity contribution is 5.85. The van der Waals surface area contributed by atoms with Crippen LogP contribution in [-0.2, 0) is 11.3 Å². The van der Waals surface area contributed by atoms with Crippen LogP contribution in [0.1, 0.15) is 25.7 Å². The number of hydrogen-bond donors (Lipinski definition) is 2. The molecule has 1 aliphatic heterocycles. The Morgan fingerprint density at radius 3 is 3.04 bits per heavy atom. The van der Waals surface area contributed by atoms with Gasteiger partial charge in [-0.3, -0.25) is 4.79 Å². The third-order valence-corrected chi connectivity index (χ3v) is 5.66. The van der Waals surface area contributed by atoms with Gasteiger partial charge in [-0.1, -0.05) is 25.0 Å². The molecule has 1 aromatic carbocycles. The summed E-state index contributed by atoms with van der Waals surface area (Å²) in [6.45, 7) is 3.27. The van der Waals surface area contributed by atoms with Crippen LogP contribution in [0.5, 0.6) is 0 Å². The molecule has 7 heteroatoms. The SMILES string of the molecule is Cl.Cl.O=C(NCCn1cnc2ccccc21)[C@@]12CCCC[C@H]1CNC2. The summed E-state index contributed by atoms with van der Waals surface area (Å²) in [6, 6.07) is 8.10. The Hall–Kier alpha value is -1.30. The third kappa shape index (κ3) is 3.64. The molecule has 0 spiro atoms. The Balaban J connectivity index is 0.00000113. The van der Waals surface area contributed by atoms with Crippen LogP contribution in [0.15, 0.2) is 30.6 Å². The molecular formula is C18H26Cl2N4O. The summed E-state index contributed by atoms with van der Waals surface area (Å²) in [7, 11) is 0.